The summed E-state index contributed by atoms with van der Waals surface area (Å²) in [6.45, 7) is 1.88. The fourth-order valence-electron chi connectivity index (χ4n) is 1.13. The monoisotopic (exact) mass is 238 g/mol. The number of phenols is 1. The maximum Gasteiger partial charge on any atom is 0.132 e. The first kappa shape index (κ1) is 8.44. The SMILES string of the molecule is Cc1cnc2c(Br)c(O)ccc2n1. The predicted octanol–water partition coefficient (Wildman–Crippen LogP) is 2.41. The summed E-state index contributed by atoms with van der Waals surface area (Å²) in [5.41, 5.74) is 2.33. The molecule has 4 heteroatoms. The fourth-order valence-corrected chi connectivity index (χ4v) is 1.57. The minimum absolute atomic E-state index is 0.186. The van der Waals surface area contributed by atoms with Crippen molar-refractivity contribution < 1.29 is 5.11 Å². The van der Waals surface area contributed by atoms with Crippen molar-refractivity contribution in [3.63, 3.8) is 0 Å². The molecule has 0 atom stereocenters. The third-order valence-corrected chi connectivity index (χ3v) is 2.53. The van der Waals surface area contributed by atoms with Crippen molar-refractivity contribution >= 4 is 27.0 Å². The van der Waals surface area contributed by atoms with Crippen LogP contribution < -0.4 is 0 Å². The highest BCUT2D eigenvalue weighted by Gasteiger charge is 2.05. The molecule has 1 heterocycles. The van der Waals surface area contributed by atoms with E-state index in [1.165, 1.54) is 0 Å². The van der Waals surface area contributed by atoms with Gasteiger partial charge in [0.25, 0.3) is 0 Å². The highest BCUT2D eigenvalue weighted by atomic mass is 79.9. The van der Waals surface area contributed by atoms with Crippen LogP contribution in [0.4, 0.5) is 0 Å². The van der Waals surface area contributed by atoms with Crippen molar-refractivity contribution in [2.24, 2.45) is 0 Å². The van der Waals surface area contributed by atoms with Crippen LogP contribution in [0, 0.1) is 6.92 Å². The Bertz CT molecular complexity index is 470. The van der Waals surface area contributed by atoms with E-state index >= 15 is 0 Å². The zero-order valence-electron chi connectivity index (χ0n) is 6.95. The van der Waals surface area contributed by atoms with Crippen LogP contribution in [0.15, 0.2) is 22.8 Å². The van der Waals surface area contributed by atoms with Gasteiger partial charge >= 0.3 is 0 Å². The highest BCUT2D eigenvalue weighted by Crippen LogP contribution is 2.29. The van der Waals surface area contributed by atoms with Gasteiger partial charge < -0.3 is 5.11 Å². The molecule has 0 saturated carbocycles. The minimum Gasteiger partial charge on any atom is -0.507 e. The minimum atomic E-state index is 0.186. The van der Waals surface area contributed by atoms with Gasteiger partial charge in [0.15, 0.2) is 0 Å². The number of rotatable bonds is 0. The van der Waals surface area contributed by atoms with Crippen LogP contribution in [0.1, 0.15) is 5.69 Å². The molecule has 1 aromatic carbocycles. The Morgan fingerprint density at radius 1 is 1.38 bits per heavy atom. The summed E-state index contributed by atoms with van der Waals surface area (Å²) in [7, 11) is 0. The summed E-state index contributed by atoms with van der Waals surface area (Å²) >= 11 is 3.25. The van der Waals surface area contributed by atoms with E-state index in [2.05, 4.69) is 25.9 Å². The lowest BCUT2D eigenvalue weighted by Crippen LogP contribution is -1.87. The molecule has 0 saturated heterocycles. The van der Waals surface area contributed by atoms with Crippen LogP contribution >= 0.6 is 15.9 Å². The van der Waals surface area contributed by atoms with E-state index in [1.54, 1.807) is 18.3 Å². The number of fused-ring (bicyclic) bond motifs is 1. The van der Waals surface area contributed by atoms with Crippen LogP contribution in [0.3, 0.4) is 0 Å². The highest BCUT2D eigenvalue weighted by molar-refractivity contribution is 9.10. The molecule has 0 radical (unpaired) electrons. The molecular formula is C9H7BrN2O. The van der Waals surface area contributed by atoms with Gasteiger partial charge in [0.05, 0.1) is 15.7 Å². The second-order valence-corrected chi connectivity index (χ2v) is 3.57. The maximum atomic E-state index is 9.37. The molecule has 1 aromatic heterocycles. The summed E-state index contributed by atoms with van der Waals surface area (Å²) in [6.07, 6.45) is 1.67. The van der Waals surface area contributed by atoms with Crippen molar-refractivity contribution in [2.75, 3.05) is 0 Å². The number of halogens is 1. The summed E-state index contributed by atoms with van der Waals surface area (Å²) < 4.78 is 0.595. The first-order chi connectivity index (χ1) is 6.18. The lowest BCUT2D eigenvalue weighted by atomic mass is 10.3. The lowest BCUT2D eigenvalue weighted by Gasteiger charge is -2.01. The van der Waals surface area contributed by atoms with Crippen molar-refractivity contribution in [3.05, 3.63) is 28.5 Å². The number of nitrogens with zero attached hydrogens (tertiary/aromatic N) is 2. The number of hydrogen-bond donors (Lipinski definition) is 1. The first-order valence-corrected chi connectivity index (χ1v) is 4.58. The third-order valence-electron chi connectivity index (χ3n) is 1.75. The van der Waals surface area contributed by atoms with Gasteiger partial charge in [0, 0.05) is 6.20 Å². The van der Waals surface area contributed by atoms with Gasteiger partial charge in [-0.15, -0.1) is 0 Å². The Balaban J connectivity index is 2.87. The van der Waals surface area contributed by atoms with Crippen molar-refractivity contribution in [2.45, 2.75) is 6.92 Å². The van der Waals surface area contributed by atoms with E-state index in [1.807, 2.05) is 6.92 Å². The molecule has 0 aliphatic carbocycles. The number of aryl methyl sites for hydroxylation is 1. The molecule has 3 nitrogen and oxygen atoms in total. The quantitative estimate of drug-likeness (QED) is 0.767. The van der Waals surface area contributed by atoms with Gasteiger partial charge in [0.1, 0.15) is 11.3 Å². The van der Waals surface area contributed by atoms with Crippen molar-refractivity contribution in [1.29, 1.82) is 0 Å². The largest absolute Gasteiger partial charge is 0.507 e. The van der Waals surface area contributed by atoms with Gasteiger partial charge in [0.2, 0.25) is 0 Å². The van der Waals surface area contributed by atoms with E-state index in [0.29, 0.717) is 9.99 Å². The first-order valence-electron chi connectivity index (χ1n) is 3.79. The molecule has 0 bridgehead atoms. The Morgan fingerprint density at radius 2 is 2.15 bits per heavy atom. The molecule has 1 N–H and O–H groups in total. The Hall–Kier alpha value is -1.16. The predicted molar refractivity (Wildman–Crippen MR) is 53.6 cm³/mol. The number of aromatic hydroxyl groups is 1. The molecule has 0 amide bonds. The molecular weight excluding hydrogens is 232 g/mol. The molecule has 66 valence electrons. The number of aromatic nitrogens is 2. The normalized spacial score (nSPS) is 10.6. The summed E-state index contributed by atoms with van der Waals surface area (Å²) in [5.74, 6) is 0.186. The zero-order valence-corrected chi connectivity index (χ0v) is 8.54. The molecule has 2 rings (SSSR count). The zero-order chi connectivity index (χ0) is 9.42. The molecule has 0 unspecified atom stereocenters. The van der Waals surface area contributed by atoms with Gasteiger partial charge in [-0.05, 0) is 35.0 Å². The molecule has 0 fully saturated rings. The van der Waals surface area contributed by atoms with Gasteiger partial charge in [-0.1, -0.05) is 0 Å². The summed E-state index contributed by atoms with van der Waals surface area (Å²) in [4.78, 5) is 8.45. The van der Waals surface area contributed by atoms with Crippen molar-refractivity contribution in [1.82, 2.24) is 9.97 Å². The summed E-state index contributed by atoms with van der Waals surface area (Å²) in [5, 5.41) is 9.37. The van der Waals surface area contributed by atoms with E-state index in [9.17, 15) is 5.11 Å². The molecule has 13 heavy (non-hydrogen) atoms. The number of hydrogen-bond acceptors (Lipinski definition) is 3. The molecule has 2 aromatic rings. The lowest BCUT2D eigenvalue weighted by molar-refractivity contribution is 0.473. The van der Waals surface area contributed by atoms with Crippen LogP contribution in [0.2, 0.25) is 0 Å². The van der Waals surface area contributed by atoms with Gasteiger partial charge in [-0.25, -0.2) is 4.98 Å². The second-order valence-electron chi connectivity index (χ2n) is 2.78. The standard InChI is InChI=1S/C9H7BrN2O/c1-5-4-11-9-6(12-5)2-3-7(13)8(9)10/h2-4,13H,1H3. The Kier molecular flexibility index (Phi) is 1.92. The van der Waals surface area contributed by atoms with Gasteiger partial charge in [-0.3, -0.25) is 4.98 Å². The number of phenolic OH excluding ortho intramolecular Hbond substituents is 1. The van der Waals surface area contributed by atoms with E-state index in [-0.39, 0.29) is 5.75 Å². The third kappa shape index (κ3) is 1.37. The van der Waals surface area contributed by atoms with Crippen LogP contribution in [0.5, 0.6) is 5.75 Å². The second kappa shape index (κ2) is 2.96. The molecule has 0 aliphatic heterocycles. The molecule has 0 aliphatic rings. The fraction of sp³-hybridized carbons (Fsp3) is 0.111. The van der Waals surface area contributed by atoms with Crippen molar-refractivity contribution in [3.8, 4) is 5.75 Å². The van der Waals surface area contributed by atoms with Gasteiger partial charge in [-0.2, -0.15) is 0 Å². The van der Waals surface area contributed by atoms with Crippen LogP contribution in [-0.4, -0.2) is 15.1 Å². The number of benzene rings is 1. The van der Waals surface area contributed by atoms with E-state index in [0.717, 1.165) is 11.2 Å². The average Bonchev–Trinajstić information content (AvgIpc) is 2.12. The van der Waals surface area contributed by atoms with Crippen LogP contribution in [0.25, 0.3) is 11.0 Å². The van der Waals surface area contributed by atoms with Crippen LogP contribution in [-0.2, 0) is 0 Å². The topological polar surface area (TPSA) is 46.0 Å². The smallest absolute Gasteiger partial charge is 0.132 e. The van der Waals surface area contributed by atoms with E-state index < -0.39 is 0 Å². The summed E-state index contributed by atoms with van der Waals surface area (Å²) in [6, 6.07) is 3.34. The Labute approximate surface area is 83.6 Å². The molecule has 0 spiro atoms. The average molecular weight is 239 g/mol. The Morgan fingerprint density at radius 3 is 2.92 bits per heavy atom. The van der Waals surface area contributed by atoms with E-state index in [4.69, 9.17) is 0 Å². The maximum absolute atomic E-state index is 9.37.